The molecule has 0 saturated heterocycles. The number of carbonyl (C=O) groups is 1. The summed E-state index contributed by atoms with van der Waals surface area (Å²) in [7, 11) is 0. The van der Waals surface area contributed by atoms with Gasteiger partial charge < -0.3 is 5.11 Å². The Morgan fingerprint density at radius 2 is 2.00 bits per heavy atom. The Bertz CT molecular complexity index is 425. The van der Waals surface area contributed by atoms with Gasteiger partial charge in [0.25, 0.3) is 0 Å². The van der Waals surface area contributed by atoms with E-state index in [1.165, 1.54) is 6.07 Å². The summed E-state index contributed by atoms with van der Waals surface area (Å²) in [5.74, 6) is -1.34. The third-order valence-electron chi connectivity index (χ3n) is 3.31. The summed E-state index contributed by atoms with van der Waals surface area (Å²) in [6.45, 7) is 0. The van der Waals surface area contributed by atoms with E-state index >= 15 is 0 Å². The van der Waals surface area contributed by atoms with Gasteiger partial charge >= 0.3 is 5.97 Å². The SMILES string of the molecule is O=C(O)C1(c2cc(Br)ccc2F)CCCC1. The summed E-state index contributed by atoms with van der Waals surface area (Å²) in [6, 6.07) is 4.50. The van der Waals surface area contributed by atoms with Gasteiger partial charge in [-0.1, -0.05) is 28.8 Å². The van der Waals surface area contributed by atoms with Crippen molar-refractivity contribution in [2.75, 3.05) is 0 Å². The second-order valence-corrected chi connectivity index (χ2v) is 5.13. The molecule has 16 heavy (non-hydrogen) atoms. The van der Waals surface area contributed by atoms with Crippen LogP contribution in [-0.2, 0) is 10.2 Å². The minimum atomic E-state index is -1.02. The minimum absolute atomic E-state index is 0.312. The van der Waals surface area contributed by atoms with Crippen molar-refractivity contribution in [3.05, 3.63) is 34.1 Å². The topological polar surface area (TPSA) is 37.3 Å². The molecule has 0 spiro atoms. The first-order valence-corrected chi connectivity index (χ1v) is 6.04. The third-order valence-corrected chi connectivity index (χ3v) is 3.80. The Labute approximate surface area is 102 Å². The number of aliphatic carboxylic acids is 1. The summed E-state index contributed by atoms with van der Waals surface area (Å²) < 4.78 is 14.5. The van der Waals surface area contributed by atoms with Crippen molar-refractivity contribution in [2.24, 2.45) is 0 Å². The fourth-order valence-corrected chi connectivity index (χ4v) is 2.80. The molecule has 1 aliphatic carbocycles. The van der Waals surface area contributed by atoms with Gasteiger partial charge in [0.15, 0.2) is 0 Å². The lowest BCUT2D eigenvalue weighted by Crippen LogP contribution is -2.33. The first-order valence-electron chi connectivity index (χ1n) is 5.25. The van der Waals surface area contributed by atoms with Crippen LogP contribution in [0.1, 0.15) is 31.2 Å². The van der Waals surface area contributed by atoms with Crippen LogP contribution in [0, 0.1) is 5.82 Å². The Balaban J connectivity index is 2.55. The summed E-state index contributed by atoms with van der Waals surface area (Å²) in [5, 5.41) is 9.35. The molecule has 1 N–H and O–H groups in total. The molecule has 0 amide bonds. The van der Waals surface area contributed by atoms with Crippen molar-refractivity contribution in [1.29, 1.82) is 0 Å². The van der Waals surface area contributed by atoms with Crippen LogP contribution < -0.4 is 0 Å². The molecule has 0 bridgehead atoms. The van der Waals surface area contributed by atoms with Gasteiger partial charge in [-0.2, -0.15) is 0 Å². The van der Waals surface area contributed by atoms with Crippen molar-refractivity contribution in [2.45, 2.75) is 31.1 Å². The molecule has 1 aromatic rings. The highest BCUT2D eigenvalue weighted by atomic mass is 79.9. The molecular formula is C12H12BrFO2. The highest BCUT2D eigenvalue weighted by molar-refractivity contribution is 9.10. The maximum absolute atomic E-state index is 13.7. The van der Waals surface area contributed by atoms with Crippen LogP contribution in [0.3, 0.4) is 0 Å². The molecular weight excluding hydrogens is 275 g/mol. The van der Waals surface area contributed by atoms with Crippen molar-refractivity contribution >= 4 is 21.9 Å². The molecule has 1 fully saturated rings. The van der Waals surface area contributed by atoms with Crippen LogP contribution in [0.2, 0.25) is 0 Å². The van der Waals surface area contributed by atoms with E-state index < -0.39 is 17.2 Å². The Hall–Kier alpha value is -0.900. The molecule has 86 valence electrons. The van der Waals surface area contributed by atoms with Crippen LogP contribution in [0.4, 0.5) is 4.39 Å². The Morgan fingerprint density at radius 1 is 1.38 bits per heavy atom. The van der Waals surface area contributed by atoms with Crippen LogP contribution in [0.25, 0.3) is 0 Å². The highest BCUT2D eigenvalue weighted by Crippen LogP contribution is 2.43. The zero-order valence-corrected chi connectivity index (χ0v) is 10.3. The van der Waals surface area contributed by atoms with E-state index in [0.29, 0.717) is 18.4 Å². The van der Waals surface area contributed by atoms with Crippen molar-refractivity contribution in [3.8, 4) is 0 Å². The number of halogens is 2. The van der Waals surface area contributed by atoms with Gasteiger partial charge in [-0.15, -0.1) is 0 Å². The van der Waals surface area contributed by atoms with Crippen molar-refractivity contribution < 1.29 is 14.3 Å². The molecule has 4 heteroatoms. The first-order chi connectivity index (χ1) is 7.56. The molecule has 0 radical (unpaired) electrons. The Kier molecular flexibility index (Phi) is 3.02. The van der Waals surface area contributed by atoms with Gasteiger partial charge in [-0.05, 0) is 31.0 Å². The van der Waals surface area contributed by atoms with Crippen LogP contribution in [0.15, 0.2) is 22.7 Å². The van der Waals surface area contributed by atoms with Crippen molar-refractivity contribution in [3.63, 3.8) is 0 Å². The number of benzene rings is 1. The van der Waals surface area contributed by atoms with E-state index in [1.54, 1.807) is 12.1 Å². The van der Waals surface area contributed by atoms with E-state index in [-0.39, 0.29) is 0 Å². The number of carboxylic acid groups (broad SMARTS) is 1. The van der Waals surface area contributed by atoms with E-state index in [4.69, 9.17) is 0 Å². The summed E-state index contributed by atoms with van der Waals surface area (Å²) in [6.07, 6.45) is 2.74. The molecule has 1 aromatic carbocycles. The average Bonchev–Trinajstić information content (AvgIpc) is 2.71. The van der Waals surface area contributed by atoms with E-state index in [0.717, 1.165) is 17.3 Å². The smallest absolute Gasteiger partial charge is 0.314 e. The zero-order valence-electron chi connectivity index (χ0n) is 8.67. The van der Waals surface area contributed by atoms with Gasteiger partial charge in [0.2, 0.25) is 0 Å². The normalized spacial score (nSPS) is 18.6. The quantitative estimate of drug-likeness (QED) is 0.904. The molecule has 1 saturated carbocycles. The second-order valence-electron chi connectivity index (χ2n) is 4.22. The number of hydrogen-bond acceptors (Lipinski definition) is 1. The van der Waals surface area contributed by atoms with Gasteiger partial charge in [0, 0.05) is 10.0 Å². The number of rotatable bonds is 2. The van der Waals surface area contributed by atoms with E-state index in [9.17, 15) is 14.3 Å². The predicted octanol–water partition coefficient (Wildman–Crippen LogP) is 3.48. The average molecular weight is 287 g/mol. The molecule has 2 rings (SSSR count). The van der Waals surface area contributed by atoms with Crippen molar-refractivity contribution in [1.82, 2.24) is 0 Å². The fourth-order valence-electron chi connectivity index (χ4n) is 2.44. The predicted molar refractivity (Wildman–Crippen MR) is 61.9 cm³/mol. The zero-order chi connectivity index (χ0) is 11.8. The van der Waals surface area contributed by atoms with E-state index in [1.807, 2.05) is 0 Å². The van der Waals surface area contributed by atoms with E-state index in [2.05, 4.69) is 15.9 Å². The molecule has 0 aromatic heterocycles. The summed E-state index contributed by atoms with van der Waals surface area (Å²) in [4.78, 5) is 11.4. The maximum atomic E-state index is 13.7. The van der Waals surface area contributed by atoms with Gasteiger partial charge in [0.05, 0.1) is 5.41 Å². The van der Waals surface area contributed by atoms with Gasteiger partial charge in [-0.3, -0.25) is 4.79 Å². The standard InChI is InChI=1S/C12H12BrFO2/c13-8-3-4-10(14)9(7-8)12(11(15)16)5-1-2-6-12/h3-4,7H,1-2,5-6H2,(H,15,16). The van der Waals surface area contributed by atoms with Crippen LogP contribution in [0.5, 0.6) is 0 Å². The molecule has 0 unspecified atom stereocenters. The number of hydrogen-bond donors (Lipinski definition) is 1. The van der Waals surface area contributed by atoms with Crippen LogP contribution >= 0.6 is 15.9 Å². The van der Waals surface area contributed by atoms with Gasteiger partial charge in [0.1, 0.15) is 5.82 Å². The Morgan fingerprint density at radius 3 is 2.56 bits per heavy atom. The third kappa shape index (κ3) is 1.75. The minimum Gasteiger partial charge on any atom is -0.481 e. The molecule has 0 atom stereocenters. The number of carboxylic acids is 1. The lowest BCUT2D eigenvalue weighted by Gasteiger charge is -2.25. The molecule has 0 heterocycles. The largest absolute Gasteiger partial charge is 0.481 e. The molecule has 1 aliphatic rings. The summed E-state index contributed by atoms with van der Waals surface area (Å²) in [5.41, 5.74) is -0.708. The summed E-state index contributed by atoms with van der Waals surface area (Å²) >= 11 is 3.26. The van der Waals surface area contributed by atoms with Gasteiger partial charge in [-0.25, -0.2) is 4.39 Å². The maximum Gasteiger partial charge on any atom is 0.314 e. The first kappa shape index (κ1) is 11.6. The second kappa shape index (κ2) is 4.17. The monoisotopic (exact) mass is 286 g/mol. The fraction of sp³-hybridized carbons (Fsp3) is 0.417. The lowest BCUT2D eigenvalue weighted by atomic mass is 9.79. The lowest BCUT2D eigenvalue weighted by molar-refractivity contribution is -0.143. The molecule has 2 nitrogen and oxygen atoms in total. The highest BCUT2D eigenvalue weighted by Gasteiger charge is 2.44. The molecule has 0 aliphatic heterocycles. The van der Waals surface area contributed by atoms with Crippen LogP contribution in [-0.4, -0.2) is 11.1 Å².